The minimum atomic E-state index is -0.280. The molecule has 2 aromatic rings. The molecule has 0 fully saturated rings. The summed E-state index contributed by atoms with van der Waals surface area (Å²) in [5.74, 6) is 0.0465. The predicted molar refractivity (Wildman–Crippen MR) is 89.8 cm³/mol. The van der Waals surface area contributed by atoms with Crippen molar-refractivity contribution in [1.82, 2.24) is 15.2 Å². The van der Waals surface area contributed by atoms with Gasteiger partial charge in [0.05, 0.1) is 23.5 Å². The molecule has 1 heterocycles. The number of methoxy groups -OCH3 is 1. The van der Waals surface area contributed by atoms with Crippen LogP contribution in [-0.2, 0) is 11.3 Å². The van der Waals surface area contributed by atoms with E-state index in [-0.39, 0.29) is 18.2 Å². The van der Waals surface area contributed by atoms with Gasteiger partial charge in [-0.3, -0.25) is 9.48 Å². The third-order valence-electron chi connectivity index (χ3n) is 3.07. The molecule has 1 aromatic heterocycles. The zero-order valence-corrected chi connectivity index (χ0v) is 14.6. The van der Waals surface area contributed by atoms with E-state index in [2.05, 4.69) is 31.6 Å². The van der Waals surface area contributed by atoms with Gasteiger partial charge in [0, 0.05) is 5.69 Å². The molecule has 23 heavy (non-hydrogen) atoms. The number of nitrogens with zero attached hydrogens (tertiary/aromatic N) is 3. The fourth-order valence-corrected chi connectivity index (χ4v) is 2.47. The molecule has 0 saturated heterocycles. The van der Waals surface area contributed by atoms with Crippen LogP contribution in [-0.4, -0.2) is 34.1 Å². The minimum Gasteiger partial charge on any atom is -0.503 e. The predicted octanol–water partition coefficient (Wildman–Crippen LogP) is 2.13. The largest absolute Gasteiger partial charge is 0.503 e. The van der Waals surface area contributed by atoms with E-state index in [1.54, 1.807) is 16.8 Å². The Morgan fingerprint density at radius 2 is 2.22 bits per heavy atom. The van der Waals surface area contributed by atoms with Gasteiger partial charge in [0.25, 0.3) is 5.91 Å². The first-order chi connectivity index (χ1) is 10.9. The van der Waals surface area contributed by atoms with Gasteiger partial charge in [-0.15, -0.1) is 0 Å². The van der Waals surface area contributed by atoms with Crippen LogP contribution in [0, 0.1) is 13.8 Å². The normalized spacial score (nSPS) is 11.0. The first-order valence-corrected chi connectivity index (χ1v) is 7.59. The molecule has 0 unspecified atom stereocenters. The van der Waals surface area contributed by atoms with Crippen LogP contribution in [0.3, 0.4) is 0 Å². The third kappa shape index (κ3) is 4.32. The maximum atomic E-state index is 11.8. The molecule has 2 N–H and O–H groups in total. The zero-order chi connectivity index (χ0) is 17.0. The molecule has 0 radical (unpaired) electrons. The molecule has 122 valence electrons. The number of aromatic nitrogens is 2. The number of hydrazone groups is 1. The Morgan fingerprint density at radius 1 is 1.48 bits per heavy atom. The van der Waals surface area contributed by atoms with Crippen LogP contribution < -0.4 is 10.2 Å². The van der Waals surface area contributed by atoms with Gasteiger partial charge < -0.3 is 9.84 Å². The maximum absolute atomic E-state index is 11.8. The van der Waals surface area contributed by atoms with Gasteiger partial charge in [0.2, 0.25) is 0 Å². The van der Waals surface area contributed by atoms with Gasteiger partial charge >= 0.3 is 0 Å². The van der Waals surface area contributed by atoms with Crippen molar-refractivity contribution in [3.63, 3.8) is 0 Å². The van der Waals surface area contributed by atoms with Crippen LogP contribution in [0.4, 0.5) is 0 Å². The molecule has 0 aliphatic rings. The quantitative estimate of drug-likeness (QED) is 0.614. The number of carbonyl (C=O) groups is 1. The van der Waals surface area contributed by atoms with Crippen LogP contribution in [0.5, 0.6) is 11.5 Å². The molecule has 7 nitrogen and oxygen atoms in total. The third-order valence-corrected chi connectivity index (χ3v) is 3.67. The number of hydrogen-bond donors (Lipinski definition) is 2. The number of aryl methyl sites for hydroxylation is 2. The van der Waals surface area contributed by atoms with Crippen LogP contribution in [0.1, 0.15) is 17.0 Å². The second-order valence-electron chi connectivity index (χ2n) is 4.93. The van der Waals surface area contributed by atoms with Crippen LogP contribution in [0.2, 0.25) is 0 Å². The molecule has 1 aromatic carbocycles. The van der Waals surface area contributed by atoms with E-state index in [1.807, 2.05) is 19.9 Å². The number of phenols is 1. The summed E-state index contributed by atoms with van der Waals surface area (Å²) < 4.78 is 7.14. The van der Waals surface area contributed by atoms with Crippen molar-refractivity contribution in [2.45, 2.75) is 20.4 Å². The van der Waals surface area contributed by atoms with Crippen molar-refractivity contribution in [1.29, 1.82) is 0 Å². The number of amides is 1. The van der Waals surface area contributed by atoms with E-state index in [1.165, 1.54) is 13.3 Å². The Kier molecular flexibility index (Phi) is 5.38. The molecule has 0 atom stereocenters. The highest BCUT2D eigenvalue weighted by atomic mass is 79.9. The second-order valence-corrected chi connectivity index (χ2v) is 5.79. The van der Waals surface area contributed by atoms with Gasteiger partial charge in [-0.25, -0.2) is 5.43 Å². The number of hydrogen-bond acceptors (Lipinski definition) is 5. The molecule has 0 saturated carbocycles. The minimum absolute atomic E-state index is 0.0122. The van der Waals surface area contributed by atoms with Crippen molar-refractivity contribution >= 4 is 28.1 Å². The summed E-state index contributed by atoms with van der Waals surface area (Å²) in [4.78, 5) is 11.8. The van der Waals surface area contributed by atoms with E-state index in [0.717, 1.165) is 11.4 Å². The van der Waals surface area contributed by atoms with Gasteiger partial charge in [0.1, 0.15) is 6.54 Å². The van der Waals surface area contributed by atoms with Crippen molar-refractivity contribution in [3.8, 4) is 11.5 Å². The Balaban J connectivity index is 2.00. The van der Waals surface area contributed by atoms with Gasteiger partial charge in [0.15, 0.2) is 11.5 Å². The summed E-state index contributed by atoms with van der Waals surface area (Å²) in [6.07, 6.45) is 1.46. The summed E-state index contributed by atoms with van der Waals surface area (Å²) in [5, 5.41) is 17.8. The lowest BCUT2D eigenvalue weighted by Crippen LogP contribution is -2.24. The average molecular weight is 381 g/mol. The highest BCUT2D eigenvalue weighted by molar-refractivity contribution is 9.10. The monoisotopic (exact) mass is 380 g/mol. The second kappa shape index (κ2) is 7.28. The summed E-state index contributed by atoms with van der Waals surface area (Å²) >= 11 is 3.22. The highest BCUT2D eigenvalue weighted by Gasteiger charge is 2.08. The standard InChI is InChI=1S/C15H17BrN4O3/c1-9-4-10(2)20(19-9)8-14(21)18-17-7-11-5-12(16)15(22)13(6-11)23-3/h4-7,22H,8H2,1-3H3,(H,18,21)/b17-7-. The Labute approximate surface area is 142 Å². The van der Waals surface area contributed by atoms with E-state index >= 15 is 0 Å². The number of aromatic hydroxyl groups is 1. The Morgan fingerprint density at radius 3 is 2.83 bits per heavy atom. The van der Waals surface area contributed by atoms with E-state index in [0.29, 0.717) is 15.8 Å². The number of carbonyl (C=O) groups excluding carboxylic acids is 1. The topological polar surface area (TPSA) is 88.7 Å². The molecule has 0 aliphatic heterocycles. The number of benzene rings is 1. The first-order valence-electron chi connectivity index (χ1n) is 6.80. The van der Waals surface area contributed by atoms with E-state index in [9.17, 15) is 9.90 Å². The molecule has 2 rings (SSSR count). The number of halogens is 1. The highest BCUT2D eigenvalue weighted by Crippen LogP contribution is 2.34. The lowest BCUT2D eigenvalue weighted by atomic mass is 10.2. The molecule has 0 bridgehead atoms. The first kappa shape index (κ1) is 17.0. The van der Waals surface area contributed by atoms with Gasteiger partial charge in [-0.2, -0.15) is 10.2 Å². The molecule has 0 aliphatic carbocycles. The van der Waals surface area contributed by atoms with Crippen LogP contribution >= 0.6 is 15.9 Å². The smallest absolute Gasteiger partial charge is 0.261 e. The van der Waals surface area contributed by atoms with Crippen molar-refractivity contribution in [2.75, 3.05) is 7.11 Å². The number of rotatable bonds is 5. The zero-order valence-electron chi connectivity index (χ0n) is 13.0. The number of ether oxygens (including phenoxy) is 1. The molecular formula is C15H17BrN4O3. The number of nitrogens with one attached hydrogen (secondary N) is 1. The average Bonchev–Trinajstić information content (AvgIpc) is 2.80. The van der Waals surface area contributed by atoms with Crippen molar-refractivity contribution in [3.05, 3.63) is 39.6 Å². The molecule has 8 heteroatoms. The van der Waals surface area contributed by atoms with Crippen LogP contribution in [0.25, 0.3) is 0 Å². The lowest BCUT2D eigenvalue weighted by molar-refractivity contribution is -0.121. The molecular weight excluding hydrogens is 364 g/mol. The van der Waals surface area contributed by atoms with Gasteiger partial charge in [-0.05, 0) is 53.5 Å². The SMILES string of the molecule is COc1cc(/C=N\NC(=O)Cn2nc(C)cc2C)cc(Br)c1O. The maximum Gasteiger partial charge on any atom is 0.261 e. The van der Waals surface area contributed by atoms with E-state index < -0.39 is 0 Å². The summed E-state index contributed by atoms with van der Waals surface area (Å²) in [7, 11) is 1.46. The Hall–Kier alpha value is -2.35. The molecule has 0 spiro atoms. The van der Waals surface area contributed by atoms with Gasteiger partial charge in [-0.1, -0.05) is 0 Å². The summed E-state index contributed by atoms with van der Waals surface area (Å²) in [5.41, 5.74) is 4.88. The van der Waals surface area contributed by atoms with Crippen molar-refractivity contribution in [2.24, 2.45) is 5.10 Å². The fourth-order valence-electron chi connectivity index (χ4n) is 2.01. The number of phenolic OH excluding ortho intramolecular Hbond substituents is 1. The molecule has 1 amide bonds. The van der Waals surface area contributed by atoms with Crippen LogP contribution in [0.15, 0.2) is 27.8 Å². The summed E-state index contributed by atoms with van der Waals surface area (Å²) in [6.45, 7) is 3.85. The Bertz CT molecular complexity index is 755. The lowest BCUT2D eigenvalue weighted by Gasteiger charge is -2.06. The fraction of sp³-hybridized carbons (Fsp3) is 0.267. The van der Waals surface area contributed by atoms with E-state index in [4.69, 9.17) is 4.74 Å². The van der Waals surface area contributed by atoms with Crippen molar-refractivity contribution < 1.29 is 14.6 Å². The summed E-state index contributed by atoms with van der Waals surface area (Å²) in [6, 6.07) is 5.17.